The fourth-order valence-electron chi connectivity index (χ4n) is 0.992. The van der Waals surface area contributed by atoms with E-state index in [0.29, 0.717) is 0 Å². The van der Waals surface area contributed by atoms with E-state index in [9.17, 15) is 0 Å². The molecular weight excluding hydrogens is 248 g/mol. The number of nitrogens with zero attached hydrogens (tertiary/aromatic N) is 1. The van der Waals surface area contributed by atoms with E-state index in [-0.39, 0.29) is 0 Å². The number of hydrogen-bond donors (Lipinski definition) is 1. The second-order valence-corrected chi connectivity index (χ2v) is 20.9. The first-order valence-corrected chi connectivity index (χ1v) is 16.2. The molecule has 16 heavy (non-hydrogen) atoms. The van der Waals surface area contributed by atoms with Crippen LogP contribution in [0, 0.1) is 0 Å². The summed E-state index contributed by atoms with van der Waals surface area (Å²) in [7, 11) is -4.42. The lowest BCUT2D eigenvalue weighted by Gasteiger charge is -2.28. The van der Waals surface area contributed by atoms with Crippen LogP contribution in [0.4, 0.5) is 0 Å². The molecule has 0 saturated carbocycles. The monoisotopic (exact) mass is 276 g/mol. The lowest BCUT2D eigenvalue weighted by molar-refractivity contribution is 0.535. The van der Waals surface area contributed by atoms with Crippen LogP contribution >= 0.6 is 0 Å². The molecule has 0 aromatic carbocycles. The first-order chi connectivity index (χ1) is 6.79. The molecule has 3 nitrogen and oxygen atoms in total. The lowest BCUT2D eigenvalue weighted by Crippen LogP contribution is -2.50. The second kappa shape index (κ2) is 5.05. The predicted molar refractivity (Wildman–Crippen MR) is 81.7 cm³/mol. The molecule has 0 aliphatic rings. The Hall–Kier alpha value is -0.0794. The first kappa shape index (κ1) is 15.9. The highest BCUT2D eigenvalue weighted by atomic mass is 28.4. The van der Waals surface area contributed by atoms with Gasteiger partial charge in [0.1, 0.15) is 8.24 Å². The van der Waals surface area contributed by atoms with E-state index in [0.717, 1.165) is 6.02 Å². The van der Waals surface area contributed by atoms with Crippen LogP contribution in [0.1, 0.15) is 0 Å². The summed E-state index contributed by atoms with van der Waals surface area (Å²) < 4.78 is 10.8. The van der Waals surface area contributed by atoms with Crippen molar-refractivity contribution in [1.82, 2.24) is 4.98 Å². The van der Waals surface area contributed by atoms with Gasteiger partial charge in [-0.15, -0.1) is 0 Å². The van der Waals surface area contributed by atoms with Gasteiger partial charge in [-0.1, -0.05) is 19.6 Å². The van der Waals surface area contributed by atoms with Crippen LogP contribution < -0.4 is 4.98 Å². The summed E-state index contributed by atoms with van der Waals surface area (Å²) in [5, 5.41) is 0. The molecule has 96 valence electrons. The van der Waals surface area contributed by atoms with Crippen LogP contribution in [-0.4, -0.2) is 30.8 Å². The van der Waals surface area contributed by atoms with Crippen molar-refractivity contribution < 1.29 is 4.43 Å². The standard InChI is InChI=1S/C10H28N2OSi3/c1-14(2,3)11-10(12-15(4,5)6)13-16(7,8)9/h1-9H3,(H,11,12). The minimum Gasteiger partial charge on any atom is -0.521 e. The van der Waals surface area contributed by atoms with Crippen molar-refractivity contribution >= 4 is 30.8 Å². The van der Waals surface area contributed by atoms with E-state index >= 15 is 0 Å². The number of nitrogens with one attached hydrogen (secondary N) is 1. The third-order valence-electron chi connectivity index (χ3n) is 1.32. The minimum atomic E-state index is -1.57. The summed E-state index contributed by atoms with van der Waals surface area (Å²) in [5.41, 5.74) is 0. The number of hydrogen-bond acceptors (Lipinski definition) is 2. The van der Waals surface area contributed by atoms with Gasteiger partial charge in [-0.2, -0.15) is 0 Å². The van der Waals surface area contributed by atoms with E-state index in [2.05, 4.69) is 63.9 Å². The van der Waals surface area contributed by atoms with Gasteiger partial charge in [-0.25, -0.2) is 0 Å². The Morgan fingerprint density at radius 1 is 0.875 bits per heavy atom. The third kappa shape index (κ3) is 10.4. The van der Waals surface area contributed by atoms with E-state index in [4.69, 9.17) is 9.08 Å². The molecule has 0 unspecified atom stereocenters. The average molecular weight is 277 g/mol. The Balaban J connectivity index is 4.87. The molecule has 0 amide bonds. The normalized spacial score (nSPS) is 14.9. The SMILES string of the molecule is C[Si](C)(C)/N=C(\N[Si](C)(C)C)O[Si](C)(C)C. The predicted octanol–water partition coefficient (Wildman–Crippen LogP) is 3.45. The van der Waals surface area contributed by atoms with Gasteiger partial charge < -0.3 is 9.41 Å². The maximum atomic E-state index is 6.04. The van der Waals surface area contributed by atoms with Crippen LogP contribution in [0.5, 0.6) is 0 Å². The molecule has 0 fully saturated rings. The first-order valence-electron chi connectivity index (χ1n) is 5.86. The van der Waals surface area contributed by atoms with Crippen LogP contribution in [0.15, 0.2) is 4.66 Å². The summed E-state index contributed by atoms with van der Waals surface area (Å²) in [4.78, 5) is 3.51. The Morgan fingerprint density at radius 3 is 1.56 bits per heavy atom. The van der Waals surface area contributed by atoms with Crippen molar-refractivity contribution in [2.45, 2.75) is 58.9 Å². The van der Waals surface area contributed by atoms with E-state index in [1.54, 1.807) is 0 Å². The summed E-state index contributed by atoms with van der Waals surface area (Å²) in [6, 6.07) is 0.803. The Kier molecular flexibility index (Phi) is 5.03. The summed E-state index contributed by atoms with van der Waals surface area (Å²) in [6.07, 6.45) is 0. The molecule has 0 saturated heterocycles. The quantitative estimate of drug-likeness (QED) is 0.486. The van der Waals surface area contributed by atoms with Gasteiger partial charge >= 0.3 is 0 Å². The third-order valence-corrected chi connectivity index (χ3v) is 3.97. The highest BCUT2D eigenvalue weighted by Crippen LogP contribution is 2.09. The van der Waals surface area contributed by atoms with Crippen molar-refractivity contribution in [1.29, 1.82) is 0 Å². The van der Waals surface area contributed by atoms with Crippen molar-refractivity contribution in [2.75, 3.05) is 0 Å². The van der Waals surface area contributed by atoms with Gasteiger partial charge in [0.15, 0.2) is 8.24 Å². The largest absolute Gasteiger partial charge is 0.521 e. The van der Waals surface area contributed by atoms with Gasteiger partial charge in [0.05, 0.1) is 0 Å². The maximum Gasteiger partial charge on any atom is 0.253 e. The molecule has 6 heteroatoms. The van der Waals surface area contributed by atoms with Gasteiger partial charge in [0.2, 0.25) is 8.32 Å². The fraction of sp³-hybridized carbons (Fsp3) is 0.900. The molecule has 0 radical (unpaired) electrons. The topological polar surface area (TPSA) is 33.6 Å². The van der Waals surface area contributed by atoms with Gasteiger partial charge in [-0.3, -0.25) is 4.66 Å². The summed E-state index contributed by atoms with van der Waals surface area (Å²) in [5.74, 6) is 0. The molecule has 0 aliphatic heterocycles. The Bertz CT molecular complexity index is 241. The molecule has 0 atom stereocenters. The summed E-state index contributed by atoms with van der Waals surface area (Å²) >= 11 is 0. The highest BCUT2D eigenvalue weighted by molar-refractivity contribution is 6.79. The zero-order chi connectivity index (χ0) is 13.2. The zero-order valence-corrected chi connectivity index (χ0v) is 15.4. The van der Waals surface area contributed by atoms with Crippen LogP contribution in [0.2, 0.25) is 58.9 Å². The molecule has 0 aromatic rings. The molecule has 0 aromatic heterocycles. The van der Waals surface area contributed by atoms with Gasteiger partial charge in [0.25, 0.3) is 6.02 Å². The summed E-state index contributed by atoms with van der Waals surface area (Å²) in [6.45, 7) is 20.1. The van der Waals surface area contributed by atoms with Crippen molar-refractivity contribution in [3.8, 4) is 0 Å². The van der Waals surface area contributed by atoms with Crippen LogP contribution in [-0.2, 0) is 4.43 Å². The minimum absolute atomic E-state index is 0.803. The van der Waals surface area contributed by atoms with Crippen molar-refractivity contribution in [3.05, 3.63) is 0 Å². The molecular formula is C10H28N2OSi3. The van der Waals surface area contributed by atoms with Crippen molar-refractivity contribution in [2.24, 2.45) is 4.66 Å². The fourth-order valence-corrected chi connectivity index (χ4v) is 3.43. The molecule has 0 bridgehead atoms. The van der Waals surface area contributed by atoms with Crippen molar-refractivity contribution in [3.63, 3.8) is 0 Å². The van der Waals surface area contributed by atoms with E-state index in [1.165, 1.54) is 0 Å². The molecule has 0 rings (SSSR count). The number of amidine groups is 1. The molecule has 1 N–H and O–H groups in total. The molecule has 0 aliphatic carbocycles. The Morgan fingerprint density at radius 2 is 1.31 bits per heavy atom. The van der Waals surface area contributed by atoms with E-state index in [1.807, 2.05) is 0 Å². The average Bonchev–Trinajstić information content (AvgIpc) is 1.70. The second-order valence-electron chi connectivity index (χ2n) is 7.18. The Labute approximate surface area is 104 Å². The lowest BCUT2D eigenvalue weighted by atomic mass is 11.2. The van der Waals surface area contributed by atoms with Gasteiger partial charge in [-0.05, 0) is 39.3 Å². The maximum absolute atomic E-state index is 6.04. The number of rotatable bonds is 3. The van der Waals surface area contributed by atoms with E-state index < -0.39 is 24.8 Å². The van der Waals surface area contributed by atoms with Crippen LogP contribution in [0.3, 0.4) is 0 Å². The van der Waals surface area contributed by atoms with Crippen LogP contribution in [0.25, 0.3) is 0 Å². The zero-order valence-electron chi connectivity index (χ0n) is 12.4. The molecule has 0 spiro atoms. The molecule has 0 heterocycles. The highest BCUT2D eigenvalue weighted by Gasteiger charge is 2.25. The van der Waals surface area contributed by atoms with Gasteiger partial charge in [0, 0.05) is 0 Å². The smallest absolute Gasteiger partial charge is 0.253 e.